The van der Waals surface area contributed by atoms with Crippen molar-refractivity contribution in [2.45, 2.75) is 45.3 Å². The zero-order valence-electron chi connectivity index (χ0n) is 17.6. The summed E-state index contributed by atoms with van der Waals surface area (Å²) >= 11 is 0. The summed E-state index contributed by atoms with van der Waals surface area (Å²) in [5.41, 5.74) is 4.31. The molecular weight excluding hydrogens is 368 g/mol. The quantitative estimate of drug-likeness (QED) is 0.748. The molecule has 3 heterocycles. The van der Waals surface area contributed by atoms with Gasteiger partial charge in [0.1, 0.15) is 5.75 Å². The van der Waals surface area contributed by atoms with Crippen LogP contribution >= 0.6 is 0 Å². The van der Waals surface area contributed by atoms with Gasteiger partial charge in [0.25, 0.3) is 0 Å². The number of rotatable bonds is 5. The van der Waals surface area contributed by atoms with Gasteiger partial charge in [-0.25, -0.2) is 4.79 Å². The van der Waals surface area contributed by atoms with E-state index in [0.29, 0.717) is 5.57 Å². The minimum Gasteiger partial charge on any atom is -0.497 e. The number of nitrogens with one attached hydrogen (secondary N) is 2. The number of aromatic nitrogens is 1. The number of ether oxygens (including phenoxy) is 3. The van der Waals surface area contributed by atoms with Crippen LogP contribution in [-0.2, 0) is 20.7 Å². The van der Waals surface area contributed by atoms with Crippen molar-refractivity contribution in [2.24, 2.45) is 11.8 Å². The number of piperidine rings is 1. The number of aromatic amines is 1. The molecule has 1 fully saturated rings. The molecule has 6 heteroatoms. The van der Waals surface area contributed by atoms with Crippen LogP contribution < -0.4 is 10.1 Å². The largest absolute Gasteiger partial charge is 0.497 e. The number of esters is 1. The Labute approximate surface area is 171 Å². The molecular formula is C23H30N2O4. The van der Waals surface area contributed by atoms with E-state index in [2.05, 4.69) is 36.3 Å². The highest BCUT2D eigenvalue weighted by Gasteiger charge is 2.42. The summed E-state index contributed by atoms with van der Waals surface area (Å²) in [6.45, 7) is 5.08. The highest BCUT2D eigenvalue weighted by molar-refractivity contribution is 5.89. The molecule has 2 N–H and O–H groups in total. The van der Waals surface area contributed by atoms with Gasteiger partial charge in [0.15, 0.2) is 0 Å². The van der Waals surface area contributed by atoms with Crippen molar-refractivity contribution in [3.63, 3.8) is 0 Å². The first-order chi connectivity index (χ1) is 14.1. The number of hydrogen-bond donors (Lipinski definition) is 2. The van der Waals surface area contributed by atoms with Crippen LogP contribution in [0.5, 0.6) is 5.75 Å². The normalized spacial score (nSPS) is 26.4. The second kappa shape index (κ2) is 8.11. The Morgan fingerprint density at radius 2 is 2.14 bits per heavy atom. The summed E-state index contributed by atoms with van der Waals surface area (Å²) in [6, 6.07) is 6.36. The maximum absolute atomic E-state index is 12.3. The van der Waals surface area contributed by atoms with E-state index in [4.69, 9.17) is 14.2 Å². The molecule has 0 aliphatic carbocycles. The standard InChI is InChI=1S/C23H30N2O4/c1-5-6-16-15-8-7-14(27-3)9-20(15)25-22(16)21-10-17-18(11-24-21)13(2)29-12-19(17)23(26)28-4/h7-9,12-13,17-18,21,24-25H,5-6,10-11H2,1-4H3/t13-,17-,18+,21-/m1/s1. The van der Waals surface area contributed by atoms with E-state index in [1.165, 1.54) is 23.8 Å². The van der Waals surface area contributed by atoms with Crippen LogP contribution in [0, 0.1) is 11.8 Å². The molecule has 0 saturated carbocycles. The first-order valence-corrected chi connectivity index (χ1v) is 10.4. The highest BCUT2D eigenvalue weighted by atomic mass is 16.5. The van der Waals surface area contributed by atoms with Gasteiger partial charge in [0, 0.05) is 47.1 Å². The average molecular weight is 399 g/mol. The van der Waals surface area contributed by atoms with Crippen molar-refractivity contribution >= 4 is 16.9 Å². The molecule has 0 spiro atoms. The van der Waals surface area contributed by atoms with E-state index in [-0.39, 0.29) is 30.0 Å². The Balaban J connectivity index is 1.70. The fourth-order valence-electron chi connectivity index (χ4n) is 4.89. The first-order valence-electron chi connectivity index (χ1n) is 10.4. The lowest BCUT2D eigenvalue weighted by molar-refractivity contribution is -0.138. The van der Waals surface area contributed by atoms with Gasteiger partial charge in [-0.3, -0.25) is 0 Å². The van der Waals surface area contributed by atoms with Crippen LogP contribution in [0.25, 0.3) is 10.9 Å². The van der Waals surface area contributed by atoms with Gasteiger partial charge in [-0.1, -0.05) is 13.3 Å². The molecule has 1 saturated heterocycles. The summed E-state index contributed by atoms with van der Waals surface area (Å²) in [5.74, 6) is 0.930. The first kappa shape index (κ1) is 19.8. The molecule has 29 heavy (non-hydrogen) atoms. The summed E-state index contributed by atoms with van der Waals surface area (Å²) in [6.07, 6.45) is 4.60. The van der Waals surface area contributed by atoms with Crippen molar-refractivity contribution in [1.29, 1.82) is 0 Å². The van der Waals surface area contributed by atoms with Crippen LogP contribution in [0.15, 0.2) is 30.0 Å². The minimum absolute atomic E-state index is 0.0731. The summed E-state index contributed by atoms with van der Waals surface area (Å²) in [4.78, 5) is 16.0. The number of benzene rings is 1. The van der Waals surface area contributed by atoms with Crippen LogP contribution in [0.3, 0.4) is 0 Å². The second-order valence-corrected chi connectivity index (χ2v) is 8.05. The Bertz CT molecular complexity index is 932. The molecule has 0 bridgehead atoms. The van der Waals surface area contributed by atoms with Crippen molar-refractivity contribution in [3.8, 4) is 5.75 Å². The Hall–Kier alpha value is -2.47. The fourth-order valence-corrected chi connectivity index (χ4v) is 4.89. The van der Waals surface area contributed by atoms with Crippen LogP contribution in [0.1, 0.15) is 44.0 Å². The highest BCUT2D eigenvalue weighted by Crippen LogP contribution is 2.42. The molecule has 0 radical (unpaired) electrons. The topological polar surface area (TPSA) is 72.6 Å². The maximum Gasteiger partial charge on any atom is 0.337 e. The average Bonchev–Trinajstić information content (AvgIpc) is 3.11. The molecule has 2 aliphatic rings. The van der Waals surface area contributed by atoms with Crippen molar-refractivity contribution in [2.75, 3.05) is 20.8 Å². The lowest BCUT2D eigenvalue weighted by atomic mass is 9.74. The monoisotopic (exact) mass is 398 g/mol. The minimum atomic E-state index is -0.289. The molecule has 156 valence electrons. The van der Waals surface area contributed by atoms with E-state index in [9.17, 15) is 4.79 Å². The SMILES string of the molecule is CCCc1c([C@H]2C[C@H]3C(C(=O)OC)=CO[C@H](C)[C@@H]3CN2)[nH]c2cc(OC)ccc12. The van der Waals surface area contributed by atoms with E-state index in [1.807, 2.05) is 6.07 Å². The van der Waals surface area contributed by atoms with E-state index >= 15 is 0 Å². The number of carbonyl (C=O) groups is 1. The number of carbonyl (C=O) groups excluding carboxylic acids is 1. The van der Waals surface area contributed by atoms with E-state index in [1.54, 1.807) is 13.4 Å². The summed E-state index contributed by atoms with van der Waals surface area (Å²) < 4.78 is 16.2. The van der Waals surface area contributed by atoms with E-state index < -0.39 is 0 Å². The second-order valence-electron chi connectivity index (χ2n) is 8.05. The Morgan fingerprint density at radius 1 is 1.31 bits per heavy atom. The van der Waals surface area contributed by atoms with Crippen molar-refractivity contribution in [3.05, 3.63) is 41.3 Å². The third kappa shape index (κ3) is 3.50. The summed E-state index contributed by atoms with van der Waals surface area (Å²) in [5, 5.41) is 4.96. The van der Waals surface area contributed by atoms with Gasteiger partial charge >= 0.3 is 5.97 Å². The fraction of sp³-hybridized carbons (Fsp3) is 0.522. The Kier molecular flexibility index (Phi) is 5.54. The van der Waals surface area contributed by atoms with Crippen LogP contribution in [0.4, 0.5) is 0 Å². The van der Waals surface area contributed by atoms with Crippen LogP contribution in [-0.4, -0.2) is 37.8 Å². The molecule has 1 aromatic carbocycles. The van der Waals surface area contributed by atoms with Gasteiger partial charge in [-0.2, -0.15) is 0 Å². The zero-order chi connectivity index (χ0) is 20.5. The lowest BCUT2D eigenvalue weighted by Crippen LogP contribution is -2.47. The molecule has 4 atom stereocenters. The predicted molar refractivity (Wildman–Crippen MR) is 112 cm³/mol. The molecule has 2 aromatic rings. The molecule has 0 amide bonds. The van der Waals surface area contributed by atoms with Gasteiger partial charge in [0.2, 0.25) is 0 Å². The zero-order valence-corrected chi connectivity index (χ0v) is 17.6. The van der Waals surface area contributed by atoms with Crippen molar-refractivity contribution < 1.29 is 19.0 Å². The van der Waals surface area contributed by atoms with Crippen molar-refractivity contribution in [1.82, 2.24) is 10.3 Å². The molecule has 4 rings (SSSR count). The third-order valence-electron chi connectivity index (χ3n) is 6.43. The molecule has 0 unspecified atom stereocenters. The number of hydrogen-bond acceptors (Lipinski definition) is 5. The maximum atomic E-state index is 12.3. The lowest BCUT2D eigenvalue weighted by Gasteiger charge is -2.42. The third-order valence-corrected chi connectivity index (χ3v) is 6.43. The summed E-state index contributed by atoms with van der Waals surface area (Å²) in [7, 11) is 3.12. The van der Waals surface area contributed by atoms with Crippen LogP contribution in [0.2, 0.25) is 0 Å². The van der Waals surface area contributed by atoms with Gasteiger partial charge in [0.05, 0.1) is 32.2 Å². The number of H-pyrrole nitrogens is 1. The van der Waals surface area contributed by atoms with Gasteiger partial charge in [-0.15, -0.1) is 0 Å². The van der Waals surface area contributed by atoms with Gasteiger partial charge < -0.3 is 24.5 Å². The number of aryl methyl sites for hydroxylation is 1. The smallest absolute Gasteiger partial charge is 0.337 e. The molecule has 6 nitrogen and oxygen atoms in total. The van der Waals surface area contributed by atoms with E-state index in [0.717, 1.165) is 37.1 Å². The number of fused-ring (bicyclic) bond motifs is 2. The predicted octanol–water partition coefficient (Wildman–Crippen LogP) is 3.87. The van der Waals surface area contributed by atoms with Gasteiger partial charge in [-0.05, 0) is 37.5 Å². The number of methoxy groups -OCH3 is 2. The molecule has 1 aromatic heterocycles. The molecule has 2 aliphatic heterocycles. The Morgan fingerprint density at radius 3 is 2.86 bits per heavy atom.